The number of β-amino-alcohol motifs (C(OH)–C–C–N with tert-alkyl or cyclic N) is 1. The number of piperazine rings is 1. The van der Waals surface area contributed by atoms with Crippen molar-refractivity contribution in [3.8, 4) is 0 Å². The number of aliphatic hydroxyl groups excluding tert-OH is 1. The summed E-state index contributed by atoms with van der Waals surface area (Å²) >= 11 is 0. The molecule has 1 N–H and O–H groups in total. The van der Waals surface area contributed by atoms with Gasteiger partial charge in [-0.3, -0.25) is 4.90 Å². The second-order valence-corrected chi connectivity index (χ2v) is 5.81. The summed E-state index contributed by atoms with van der Waals surface area (Å²) in [6.07, 6.45) is 1.59. The zero-order valence-electron chi connectivity index (χ0n) is 13.4. The van der Waals surface area contributed by atoms with Crippen LogP contribution in [-0.4, -0.2) is 92.4 Å². The Balaban J connectivity index is 1.55. The van der Waals surface area contributed by atoms with Gasteiger partial charge in [0.15, 0.2) is 0 Å². The van der Waals surface area contributed by atoms with Crippen LogP contribution in [-0.2, 0) is 14.2 Å². The van der Waals surface area contributed by atoms with E-state index in [0.29, 0.717) is 39.5 Å². The molecule has 22 heavy (non-hydrogen) atoms. The first-order chi connectivity index (χ1) is 10.7. The van der Waals surface area contributed by atoms with Crippen molar-refractivity contribution in [2.75, 3.05) is 59.2 Å². The van der Waals surface area contributed by atoms with Crippen LogP contribution in [0.25, 0.3) is 0 Å². The van der Waals surface area contributed by atoms with Crippen LogP contribution in [0, 0.1) is 0 Å². The summed E-state index contributed by atoms with van der Waals surface area (Å²) in [6.45, 7) is 7.28. The molecule has 2 aliphatic rings. The lowest BCUT2D eigenvalue weighted by Gasteiger charge is -2.34. The summed E-state index contributed by atoms with van der Waals surface area (Å²) in [5, 5.41) is 10.0. The minimum absolute atomic E-state index is 0.195. The minimum Gasteiger partial charge on any atom is -0.450 e. The lowest BCUT2D eigenvalue weighted by molar-refractivity contribution is -0.0283. The van der Waals surface area contributed by atoms with Crippen LogP contribution in [0.1, 0.15) is 19.8 Å². The zero-order valence-corrected chi connectivity index (χ0v) is 13.4. The molecule has 128 valence electrons. The number of carbonyl (C=O) groups is 1. The second-order valence-electron chi connectivity index (χ2n) is 5.81. The average Bonchev–Trinajstić information content (AvgIpc) is 3.01. The quantitative estimate of drug-likeness (QED) is 0.729. The number of amides is 1. The molecule has 2 fully saturated rings. The fourth-order valence-corrected chi connectivity index (χ4v) is 2.79. The highest BCUT2D eigenvalue weighted by Crippen LogP contribution is 2.12. The summed E-state index contributed by atoms with van der Waals surface area (Å²) < 4.78 is 16.0. The van der Waals surface area contributed by atoms with E-state index in [-0.39, 0.29) is 12.2 Å². The van der Waals surface area contributed by atoms with Crippen LogP contribution < -0.4 is 0 Å². The summed E-state index contributed by atoms with van der Waals surface area (Å²) in [5.41, 5.74) is 0. The molecule has 0 aliphatic carbocycles. The van der Waals surface area contributed by atoms with Gasteiger partial charge in [-0.25, -0.2) is 4.79 Å². The van der Waals surface area contributed by atoms with Crippen molar-refractivity contribution in [3.05, 3.63) is 0 Å². The first kappa shape index (κ1) is 17.5. The number of carbonyl (C=O) groups excluding carboxylic acids is 1. The first-order valence-electron chi connectivity index (χ1n) is 8.20. The molecule has 0 aromatic carbocycles. The van der Waals surface area contributed by atoms with E-state index < -0.39 is 6.10 Å². The van der Waals surface area contributed by atoms with Gasteiger partial charge in [-0.15, -0.1) is 0 Å². The average molecular weight is 316 g/mol. The Morgan fingerprint density at radius 3 is 2.77 bits per heavy atom. The SMILES string of the molecule is CCOC(=O)N1CCN(C[C@@H](O)COC[C@H]2CCCO2)CC1. The number of ether oxygens (including phenoxy) is 3. The van der Waals surface area contributed by atoms with E-state index in [1.165, 1.54) is 0 Å². The van der Waals surface area contributed by atoms with Crippen LogP contribution >= 0.6 is 0 Å². The molecule has 7 nitrogen and oxygen atoms in total. The second kappa shape index (κ2) is 9.29. The molecule has 0 radical (unpaired) electrons. The summed E-state index contributed by atoms with van der Waals surface area (Å²) in [6, 6.07) is 0. The zero-order chi connectivity index (χ0) is 15.8. The van der Waals surface area contributed by atoms with Gasteiger partial charge in [-0.2, -0.15) is 0 Å². The third-order valence-electron chi connectivity index (χ3n) is 4.01. The third kappa shape index (κ3) is 5.72. The lowest BCUT2D eigenvalue weighted by atomic mass is 10.2. The van der Waals surface area contributed by atoms with Crippen LogP contribution in [0.15, 0.2) is 0 Å². The van der Waals surface area contributed by atoms with Crippen LogP contribution in [0.5, 0.6) is 0 Å². The van der Waals surface area contributed by atoms with Crippen molar-refractivity contribution in [1.82, 2.24) is 9.80 Å². The van der Waals surface area contributed by atoms with Crippen molar-refractivity contribution in [2.45, 2.75) is 32.0 Å². The van der Waals surface area contributed by atoms with Crippen molar-refractivity contribution in [2.24, 2.45) is 0 Å². The standard InChI is InChI=1S/C15H28N2O5/c1-2-21-15(19)17-7-5-16(6-8-17)10-13(18)11-20-12-14-4-3-9-22-14/h13-14,18H,2-12H2,1H3/t13-,14-/m1/s1. The Labute approximate surface area is 132 Å². The van der Waals surface area contributed by atoms with Gasteiger partial charge in [0.05, 0.1) is 32.0 Å². The lowest BCUT2D eigenvalue weighted by Crippen LogP contribution is -2.51. The molecule has 2 aliphatic heterocycles. The van der Waals surface area contributed by atoms with Crippen molar-refractivity contribution < 1.29 is 24.1 Å². The van der Waals surface area contributed by atoms with Crippen LogP contribution in [0.2, 0.25) is 0 Å². The summed E-state index contributed by atoms with van der Waals surface area (Å²) in [5.74, 6) is 0. The molecule has 0 aromatic rings. The molecular formula is C15H28N2O5. The van der Waals surface area contributed by atoms with Crippen LogP contribution in [0.4, 0.5) is 4.79 Å². The van der Waals surface area contributed by atoms with E-state index in [2.05, 4.69) is 4.90 Å². The molecule has 0 bridgehead atoms. The molecular weight excluding hydrogens is 288 g/mol. The molecule has 2 atom stereocenters. The highest BCUT2D eigenvalue weighted by molar-refractivity contribution is 5.67. The fraction of sp³-hybridized carbons (Fsp3) is 0.933. The number of hydrogen-bond acceptors (Lipinski definition) is 6. The predicted octanol–water partition coefficient (Wildman–Crippen LogP) is 0.317. The van der Waals surface area contributed by atoms with Gasteiger partial charge >= 0.3 is 6.09 Å². The van der Waals surface area contributed by atoms with Crippen molar-refractivity contribution in [3.63, 3.8) is 0 Å². The van der Waals surface area contributed by atoms with E-state index in [1.54, 1.807) is 11.8 Å². The molecule has 2 heterocycles. The van der Waals surface area contributed by atoms with Crippen LogP contribution in [0.3, 0.4) is 0 Å². The smallest absolute Gasteiger partial charge is 0.409 e. The van der Waals surface area contributed by atoms with Gasteiger partial charge in [-0.1, -0.05) is 0 Å². The molecule has 0 spiro atoms. The number of rotatable bonds is 7. The molecule has 0 aromatic heterocycles. The minimum atomic E-state index is -0.504. The van der Waals surface area contributed by atoms with Gasteiger partial charge in [0.1, 0.15) is 0 Å². The van der Waals surface area contributed by atoms with Gasteiger partial charge in [-0.05, 0) is 19.8 Å². The van der Waals surface area contributed by atoms with E-state index in [1.807, 2.05) is 0 Å². The maximum atomic E-state index is 11.6. The monoisotopic (exact) mass is 316 g/mol. The fourth-order valence-electron chi connectivity index (χ4n) is 2.79. The Morgan fingerprint density at radius 2 is 2.14 bits per heavy atom. The summed E-state index contributed by atoms with van der Waals surface area (Å²) in [7, 11) is 0. The van der Waals surface area contributed by atoms with E-state index in [9.17, 15) is 9.90 Å². The number of hydrogen-bond donors (Lipinski definition) is 1. The van der Waals surface area contributed by atoms with E-state index >= 15 is 0 Å². The van der Waals surface area contributed by atoms with Crippen molar-refractivity contribution in [1.29, 1.82) is 0 Å². The maximum Gasteiger partial charge on any atom is 0.409 e. The first-order valence-corrected chi connectivity index (χ1v) is 8.20. The van der Waals surface area contributed by atoms with Gasteiger partial charge in [0, 0.05) is 39.3 Å². The number of nitrogens with zero attached hydrogens (tertiary/aromatic N) is 2. The molecule has 0 unspecified atom stereocenters. The molecule has 7 heteroatoms. The topological polar surface area (TPSA) is 71.5 Å². The van der Waals surface area contributed by atoms with Gasteiger partial charge < -0.3 is 24.2 Å². The Kier molecular flexibility index (Phi) is 7.38. The maximum absolute atomic E-state index is 11.6. The molecule has 2 saturated heterocycles. The Morgan fingerprint density at radius 1 is 1.36 bits per heavy atom. The Bertz CT molecular complexity index is 328. The largest absolute Gasteiger partial charge is 0.450 e. The molecule has 1 amide bonds. The number of aliphatic hydroxyl groups is 1. The van der Waals surface area contributed by atoms with E-state index in [4.69, 9.17) is 14.2 Å². The molecule has 2 rings (SSSR count). The van der Waals surface area contributed by atoms with Gasteiger partial charge in [0.25, 0.3) is 0 Å². The third-order valence-corrected chi connectivity index (χ3v) is 4.01. The normalized spacial score (nSPS) is 24.5. The van der Waals surface area contributed by atoms with E-state index in [0.717, 1.165) is 32.5 Å². The highest BCUT2D eigenvalue weighted by Gasteiger charge is 2.23. The predicted molar refractivity (Wildman–Crippen MR) is 80.8 cm³/mol. The molecule has 0 saturated carbocycles. The Hall–Kier alpha value is -0.890. The van der Waals surface area contributed by atoms with Crippen molar-refractivity contribution >= 4 is 6.09 Å². The summed E-state index contributed by atoms with van der Waals surface area (Å²) in [4.78, 5) is 15.5. The van der Waals surface area contributed by atoms with Gasteiger partial charge in [0.2, 0.25) is 0 Å². The highest BCUT2D eigenvalue weighted by atomic mass is 16.6.